The van der Waals surface area contributed by atoms with Crippen LogP contribution in [-0.4, -0.2) is 20.8 Å². The zero-order chi connectivity index (χ0) is 22.1. The predicted molar refractivity (Wildman–Crippen MR) is 123 cm³/mol. The Bertz CT molecular complexity index is 1290. The number of anilines is 1. The molecule has 1 amide bonds. The van der Waals surface area contributed by atoms with Crippen LogP contribution < -0.4 is 5.32 Å². The van der Waals surface area contributed by atoms with Gasteiger partial charge in [0, 0.05) is 24.0 Å². The minimum absolute atomic E-state index is 0.0897. The predicted octanol–water partition coefficient (Wildman–Crippen LogP) is 4.98. The fourth-order valence-electron chi connectivity index (χ4n) is 4.11. The molecule has 1 N–H and O–H groups in total. The fourth-order valence-corrected chi connectivity index (χ4v) is 4.91. The SMILES string of the molecule is O=C(Nc1ncc(-c2cncc([N+](=O)[O-])c2)s1)C1c2ccccc2CCc2ccccc21. The summed E-state index contributed by atoms with van der Waals surface area (Å²) in [4.78, 5) is 33.0. The maximum Gasteiger partial charge on any atom is 0.288 e. The quantitative estimate of drug-likeness (QED) is 0.355. The van der Waals surface area contributed by atoms with Crippen molar-refractivity contribution < 1.29 is 9.72 Å². The molecule has 0 bridgehead atoms. The highest BCUT2D eigenvalue weighted by atomic mass is 32.1. The highest BCUT2D eigenvalue weighted by molar-refractivity contribution is 7.19. The van der Waals surface area contributed by atoms with E-state index < -0.39 is 10.8 Å². The van der Waals surface area contributed by atoms with E-state index in [0.29, 0.717) is 15.6 Å². The number of hydrogen-bond acceptors (Lipinski definition) is 6. The lowest BCUT2D eigenvalue weighted by Crippen LogP contribution is -2.23. The van der Waals surface area contributed by atoms with E-state index in [9.17, 15) is 14.9 Å². The largest absolute Gasteiger partial charge is 0.301 e. The molecule has 0 saturated carbocycles. The third kappa shape index (κ3) is 3.76. The first kappa shape index (κ1) is 20.0. The topological polar surface area (TPSA) is 98.0 Å². The van der Waals surface area contributed by atoms with Gasteiger partial charge in [-0.1, -0.05) is 59.9 Å². The maximum absolute atomic E-state index is 13.5. The van der Waals surface area contributed by atoms with Gasteiger partial charge in [-0.15, -0.1) is 0 Å². The summed E-state index contributed by atoms with van der Waals surface area (Å²) in [7, 11) is 0. The molecule has 0 spiro atoms. The number of fused-ring (bicyclic) bond motifs is 2. The van der Waals surface area contributed by atoms with Gasteiger partial charge in [0.2, 0.25) is 5.91 Å². The minimum Gasteiger partial charge on any atom is -0.301 e. The van der Waals surface area contributed by atoms with Crippen LogP contribution in [0.15, 0.2) is 73.2 Å². The van der Waals surface area contributed by atoms with Crippen LogP contribution in [0.3, 0.4) is 0 Å². The van der Waals surface area contributed by atoms with Crippen LogP contribution in [0, 0.1) is 10.1 Å². The molecule has 2 heterocycles. The number of nitrogens with one attached hydrogen (secondary N) is 1. The maximum atomic E-state index is 13.5. The zero-order valence-corrected chi connectivity index (χ0v) is 17.7. The lowest BCUT2D eigenvalue weighted by Gasteiger charge is -2.19. The number of nitrogens with zero attached hydrogens (tertiary/aromatic N) is 3. The second-order valence-electron chi connectivity index (χ2n) is 7.54. The average Bonchev–Trinajstić information content (AvgIpc) is 3.20. The Balaban J connectivity index is 1.46. The Morgan fingerprint density at radius 1 is 1.00 bits per heavy atom. The molecule has 1 aliphatic carbocycles. The van der Waals surface area contributed by atoms with Crippen molar-refractivity contribution in [3.05, 3.63) is 106 Å². The van der Waals surface area contributed by atoms with E-state index >= 15 is 0 Å². The highest BCUT2D eigenvalue weighted by Crippen LogP contribution is 2.36. The molecule has 2 aromatic heterocycles. The van der Waals surface area contributed by atoms with E-state index in [2.05, 4.69) is 27.4 Å². The number of hydrogen-bond donors (Lipinski definition) is 1. The second kappa shape index (κ2) is 8.32. The molecule has 7 nitrogen and oxygen atoms in total. The molecule has 0 fully saturated rings. The molecular weight excluding hydrogens is 424 g/mol. The summed E-state index contributed by atoms with van der Waals surface area (Å²) < 4.78 is 0. The van der Waals surface area contributed by atoms with Gasteiger partial charge in [-0.2, -0.15) is 0 Å². The van der Waals surface area contributed by atoms with Crippen LogP contribution in [0.4, 0.5) is 10.8 Å². The first-order valence-electron chi connectivity index (χ1n) is 10.1. The number of carbonyl (C=O) groups is 1. The van der Waals surface area contributed by atoms with Gasteiger partial charge < -0.3 is 5.32 Å². The van der Waals surface area contributed by atoms with Gasteiger partial charge in [-0.25, -0.2) is 4.98 Å². The molecule has 158 valence electrons. The molecular formula is C24H18N4O3S. The highest BCUT2D eigenvalue weighted by Gasteiger charge is 2.29. The van der Waals surface area contributed by atoms with E-state index in [4.69, 9.17) is 0 Å². The third-order valence-electron chi connectivity index (χ3n) is 5.61. The van der Waals surface area contributed by atoms with Crippen LogP contribution in [0.2, 0.25) is 0 Å². The van der Waals surface area contributed by atoms with Crippen molar-refractivity contribution in [1.82, 2.24) is 9.97 Å². The third-order valence-corrected chi connectivity index (χ3v) is 6.57. The van der Waals surface area contributed by atoms with Crippen molar-refractivity contribution in [2.75, 3.05) is 5.32 Å². The fraction of sp³-hybridized carbons (Fsp3) is 0.125. The summed E-state index contributed by atoms with van der Waals surface area (Å²) in [5.41, 5.74) is 4.86. The average molecular weight is 443 g/mol. The van der Waals surface area contributed by atoms with Crippen molar-refractivity contribution in [2.45, 2.75) is 18.8 Å². The van der Waals surface area contributed by atoms with E-state index in [1.54, 1.807) is 12.4 Å². The summed E-state index contributed by atoms with van der Waals surface area (Å²) in [6.07, 6.45) is 6.12. The molecule has 0 radical (unpaired) electrons. The second-order valence-corrected chi connectivity index (χ2v) is 8.57. The minimum atomic E-state index is -0.485. The van der Waals surface area contributed by atoms with Gasteiger partial charge in [0.15, 0.2) is 5.13 Å². The van der Waals surface area contributed by atoms with Crippen molar-refractivity contribution in [3.63, 3.8) is 0 Å². The number of aromatic nitrogens is 2. The number of aryl methyl sites for hydroxylation is 2. The number of rotatable bonds is 4. The van der Waals surface area contributed by atoms with Crippen LogP contribution in [0.1, 0.15) is 28.2 Å². The number of thiazole rings is 1. The number of pyridine rings is 1. The number of amides is 1. The van der Waals surface area contributed by atoms with Gasteiger partial charge in [0.1, 0.15) is 6.20 Å². The Morgan fingerprint density at radius 2 is 1.66 bits per heavy atom. The molecule has 4 aromatic rings. The standard InChI is InChI=1S/C24H18N4O3S/c29-23(27-24-26-14-21(32-24)17-11-18(28(30)31)13-25-12-17)22-19-7-3-1-5-15(19)9-10-16-6-2-4-8-20(16)22/h1-8,11-14,22H,9-10H2,(H,26,27,29). The van der Waals surface area contributed by atoms with Crippen molar-refractivity contribution in [3.8, 4) is 10.4 Å². The molecule has 0 aliphatic heterocycles. The van der Waals surface area contributed by atoms with Gasteiger partial charge >= 0.3 is 0 Å². The Morgan fingerprint density at radius 3 is 2.31 bits per heavy atom. The van der Waals surface area contributed by atoms with E-state index in [1.165, 1.54) is 34.7 Å². The first-order valence-corrected chi connectivity index (χ1v) is 10.9. The number of nitro groups is 1. The van der Waals surface area contributed by atoms with Gasteiger partial charge in [0.25, 0.3) is 5.69 Å². The van der Waals surface area contributed by atoms with Crippen molar-refractivity contribution >= 4 is 28.1 Å². The number of carbonyl (C=O) groups excluding carboxylic acids is 1. The van der Waals surface area contributed by atoms with Crippen molar-refractivity contribution in [1.29, 1.82) is 0 Å². The van der Waals surface area contributed by atoms with E-state index in [0.717, 1.165) is 24.0 Å². The molecule has 0 saturated heterocycles. The lowest BCUT2D eigenvalue weighted by molar-refractivity contribution is -0.385. The molecule has 8 heteroatoms. The van der Waals surface area contributed by atoms with Crippen LogP contribution in [0.5, 0.6) is 0 Å². The monoisotopic (exact) mass is 442 g/mol. The summed E-state index contributed by atoms with van der Waals surface area (Å²) in [5, 5.41) is 14.4. The van der Waals surface area contributed by atoms with Crippen LogP contribution in [0.25, 0.3) is 10.4 Å². The number of benzene rings is 2. The van der Waals surface area contributed by atoms with Gasteiger partial charge in [-0.3, -0.25) is 19.9 Å². The van der Waals surface area contributed by atoms with Crippen LogP contribution >= 0.6 is 11.3 Å². The van der Waals surface area contributed by atoms with Gasteiger partial charge in [-0.05, 0) is 35.1 Å². The normalized spacial score (nSPS) is 13.0. The molecule has 5 rings (SSSR count). The summed E-state index contributed by atoms with van der Waals surface area (Å²) in [5.74, 6) is -0.582. The summed E-state index contributed by atoms with van der Waals surface area (Å²) in [6, 6.07) is 17.6. The molecule has 32 heavy (non-hydrogen) atoms. The summed E-state index contributed by atoms with van der Waals surface area (Å²) in [6.45, 7) is 0. The summed E-state index contributed by atoms with van der Waals surface area (Å²) >= 11 is 1.26. The zero-order valence-electron chi connectivity index (χ0n) is 16.9. The molecule has 1 aliphatic rings. The van der Waals surface area contributed by atoms with Crippen LogP contribution in [-0.2, 0) is 17.6 Å². The smallest absolute Gasteiger partial charge is 0.288 e. The van der Waals surface area contributed by atoms with E-state index in [1.807, 2.05) is 36.4 Å². The van der Waals surface area contributed by atoms with Crippen molar-refractivity contribution in [2.24, 2.45) is 0 Å². The van der Waals surface area contributed by atoms with Gasteiger partial charge in [0.05, 0.1) is 15.7 Å². The molecule has 0 unspecified atom stereocenters. The molecule has 0 atom stereocenters. The Hall–Kier alpha value is -3.91. The lowest BCUT2D eigenvalue weighted by atomic mass is 9.87. The van der Waals surface area contributed by atoms with E-state index in [-0.39, 0.29) is 11.6 Å². The first-order chi connectivity index (χ1) is 15.6. The Kier molecular flexibility index (Phi) is 5.20. The molecule has 2 aromatic carbocycles. The Labute approximate surface area is 188 Å².